The highest BCUT2D eigenvalue weighted by Gasteiger charge is 2.14. The van der Waals surface area contributed by atoms with Crippen molar-refractivity contribution in [1.29, 1.82) is 0 Å². The van der Waals surface area contributed by atoms with Crippen LogP contribution in [0.25, 0.3) is 0 Å². The molecule has 0 bridgehead atoms. The Balaban J connectivity index is 1.96. The molecule has 0 spiro atoms. The van der Waals surface area contributed by atoms with E-state index in [0.29, 0.717) is 0 Å². The van der Waals surface area contributed by atoms with Crippen LogP contribution in [0.1, 0.15) is 12.6 Å². The average molecular weight is 305 g/mol. The van der Waals surface area contributed by atoms with Gasteiger partial charge in [-0.2, -0.15) is 10.2 Å². The number of nitrogens with zero attached hydrogens (tertiary/aromatic N) is 4. The van der Waals surface area contributed by atoms with E-state index in [4.69, 9.17) is 0 Å². The van der Waals surface area contributed by atoms with Crippen LogP contribution < -0.4 is 5.32 Å². The molecule has 0 aliphatic carbocycles. The first-order chi connectivity index (χ1) is 11.3. The van der Waals surface area contributed by atoms with Gasteiger partial charge in [-0.1, -0.05) is 36.4 Å². The molecule has 5 heteroatoms. The minimum atomic E-state index is 0.761. The van der Waals surface area contributed by atoms with Gasteiger partial charge in [-0.15, -0.1) is 5.11 Å². The van der Waals surface area contributed by atoms with Gasteiger partial charge in [0, 0.05) is 12.2 Å². The number of hydrogen-bond acceptors (Lipinski definition) is 4. The molecule has 0 fully saturated rings. The molecular weight excluding hydrogens is 286 g/mol. The monoisotopic (exact) mass is 305 g/mol. The highest BCUT2D eigenvalue weighted by molar-refractivity contribution is 5.70. The lowest BCUT2D eigenvalue weighted by Gasteiger charge is -2.08. The van der Waals surface area contributed by atoms with Crippen LogP contribution in [0.4, 0.5) is 22.9 Å². The molecule has 1 heterocycles. The van der Waals surface area contributed by atoms with Gasteiger partial charge in [0.05, 0.1) is 11.4 Å². The molecule has 2 aromatic carbocycles. The Morgan fingerprint density at radius 1 is 0.957 bits per heavy atom. The van der Waals surface area contributed by atoms with E-state index in [0.717, 1.165) is 35.1 Å². The maximum absolute atomic E-state index is 4.54. The molecule has 0 radical (unpaired) electrons. The summed E-state index contributed by atoms with van der Waals surface area (Å²) < 4.78 is 1.90. The molecule has 0 aliphatic rings. The molecule has 23 heavy (non-hydrogen) atoms. The van der Waals surface area contributed by atoms with Crippen LogP contribution in [0.2, 0.25) is 0 Å². The maximum Gasteiger partial charge on any atom is 0.157 e. The molecule has 3 aromatic rings. The van der Waals surface area contributed by atoms with Gasteiger partial charge in [0.15, 0.2) is 11.5 Å². The van der Waals surface area contributed by atoms with Gasteiger partial charge in [-0.05, 0) is 38.1 Å². The number of aryl methyl sites for hydroxylation is 2. The molecule has 3 rings (SSSR count). The van der Waals surface area contributed by atoms with Gasteiger partial charge in [-0.3, -0.25) is 0 Å². The van der Waals surface area contributed by atoms with Crippen molar-refractivity contribution in [2.75, 3.05) is 5.32 Å². The van der Waals surface area contributed by atoms with Gasteiger partial charge < -0.3 is 5.32 Å². The second-order valence-corrected chi connectivity index (χ2v) is 5.12. The second kappa shape index (κ2) is 6.87. The number of hydrogen-bond donors (Lipinski definition) is 1. The summed E-state index contributed by atoms with van der Waals surface area (Å²) in [5, 5.41) is 16.7. The maximum atomic E-state index is 4.54. The molecule has 0 saturated carbocycles. The predicted molar refractivity (Wildman–Crippen MR) is 93.0 cm³/mol. The third kappa shape index (κ3) is 3.45. The standard InChI is InChI=1S/C18H19N5/c1-3-23-18(19-15-10-6-4-7-11-15)17(14(2)22-23)21-20-16-12-8-5-9-13-16/h4-13,19H,3H2,1-2H3. The molecule has 1 N–H and O–H groups in total. The molecular formula is C18H19N5. The van der Waals surface area contributed by atoms with Gasteiger partial charge in [0.25, 0.3) is 0 Å². The van der Waals surface area contributed by atoms with E-state index in [2.05, 4.69) is 27.6 Å². The second-order valence-electron chi connectivity index (χ2n) is 5.12. The Morgan fingerprint density at radius 3 is 2.26 bits per heavy atom. The van der Waals surface area contributed by atoms with Crippen molar-refractivity contribution in [3.05, 3.63) is 66.4 Å². The first kappa shape index (κ1) is 15.0. The fourth-order valence-corrected chi connectivity index (χ4v) is 2.30. The van der Waals surface area contributed by atoms with Crippen molar-refractivity contribution >= 4 is 22.9 Å². The van der Waals surface area contributed by atoms with Gasteiger partial charge in [0.1, 0.15) is 0 Å². The SMILES string of the molecule is CCn1nc(C)c(N=Nc2ccccc2)c1Nc1ccccc1. The number of nitrogens with one attached hydrogen (secondary N) is 1. The molecule has 5 nitrogen and oxygen atoms in total. The predicted octanol–water partition coefficient (Wildman–Crippen LogP) is 5.37. The minimum Gasteiger partial charge on any atom is -0.339 e. The molecule has 0 aliphatic heterocycles. The van der Waals surface area contributed by atoms with Crippen molar-refractivity contribution < 1.29 is 0 Å². The van der Waals surface area contributed by atoms with E-state index in [1.807, 2.05) is 72.3 Å². The van der Waals surface area contributed by atoms with Crippen molar-refractivity contribution in [1.82, 2.24) is 9.78 Å². The normalized spacial score (nSPS) is 11.0. The van der Waals surface area contributed by atoms with Crippen molar-refractivity contribution in [2.24, 2.45) is 10.2 Å². The third-order valence-electron chi connectivity index (χ3n) is 3.45. The Labute approximate surface area is 135 Å². The van der Waals surface area contributed by atoms with Crippen molar-refractivity contribution in [2.45, 2.75) is 20.4 Å². The molecule has 0 saturated heterocycles. The van der Waals surface area contributed by atoms with Gasteiger partial charge >= 0.3 is 0 Å². The third-order valence-corrected chi connectivity index (χ3v) is 3.45. The Kier molecular flexibility index (Phi) is 4.47. The topological polar surface area (TPSA) is 54.6 Å². The minimum absolute atomic E-state index is 0.761. The Hall–Kier alpha value is -2.95. The summed E-state index contributed by atoms with van der Waals surface area (Å²) in [5.41, 5.74) is 3.43. The number of anilines is 2. The summed E-state index contributed by atoms with van der Waals surface area (Å²) in [4.78, 5) is 0. The average Bonchev–Trinajstić information content (AvgIpc) is 2.90. The van der Waals surface area contributed by atoms with Gasteiger partial charge in [0.2, 0.25) is 0 Å². The van der Waals surface area contributed by atoms with Gasteiger partial charge in [-0.25, -0.2) is 4.68 Å². The number of aromatic nitrogens is 2. The summed E-state index contributed by atoms with van der Waals surface area (Å²) in [6.07, 6.45) is 0. The molecule has 0 amide bonds. The summed E-state index contributed by atoms with van der Waals surface area (Å²) in [7, 11) is 0. The number of azo groups is 1. The fraction of sp³-hybridized carbons (Fsp3) is 0.167. The molecule has 0 unspecified atom stereocenters. The van der Waals surface area contributed by atoms with Crippen molar-refractivity contribution in [3.63, 3.8) is 0 Å². The Morgan fingerprint density at radius 2 is 1.61 bits per heavy atom. The van der Waals surface area contributed by atoms with Crippen LogP contribution in [0.5, 0.6) is 0 Å². The Bertz CT molecular complexity index is 791. The van der Waals surface area contributed by atoms with E-state index >= 15 is 0 Å². The lowest BCUT2D eigenvalue weighted by molar-refractivity contribution is 0.661. The smallest absolute Gasteiger partial charge is 0.157 e. The van der Waals surface area contributed by atoms with Crippen LogP contribution in [0.15, 0.2) is 70.9 Å². The van der Waals surface area contributed by atoms with Crippen LogP contribution in [0.3, 0.4) is 0 Å². The summed E-state index contributed by atoms with van der Waals surface area (Å²) in [6.45, 7) is 4.76. The summed E-state index contributed by atoms with van der Waals surface area (Å²) >= 11 is 0. The lowest BCUT2D eigenvalue weighted by atomic mass is 10.3. The van der Waals surface area contributed by atoms with E-state index in [1.54, 1.807) is 0 Å². The van der Waals surface area contributed by atoms with Crippen LogP contribution in [-0.4, -0.2) is 9.78 Å². The number of benzene rings is 2. The number of rotatable bonds is 5. The van der Waals surface area contributed by atoms with E-state index in [9.17, 15) is 0 Å². The summed E-state index contributed by atoms with van der Waals surface area (Å²) in [6, 6.07) is 19.7. The first-order valence-corrected chi connectivity index (χ1v) is 7.64. The van der Waals surface area contributed by atoms with Crippen LogP contribution in [-0.2, 0) is 6.54 Å². The van der Waals surface area contributed by atoms with Crippen molar-refractivity contribution in [3.8, 4) is 0 Å². The highest BCUT2D eigenvalue weighted by Crippen LogP contribution is 2.32. The van der Waals surface area contributed by atoms with E-state index in [1.165, 1.54) is 0 Å². The van der Waals surface area contributed by atoms with Crippen LogP contribution in [0, 0.1) is 6.92 Å². The van der Waals surface area contributed by atoms with E-state index in [-0.39, 0.29) is 0 Å². The zero-order chi connectivity index (χ0) is 16.1. The molecule has 0 atom stereocenters. The van der Waals surface area contributed by atoms with E-state index < -0.39 is 0 Å². The largest absolute Gasteiger partial charge is 0.339 e. The molecule has 1 aromatic heterocycles. The lowest BCUT2D eigenvalue weighted by Crippen LogP contribution is -2.02. The zero-order valence-electron chi connectivity index (χ0n) is 13.3. The van der Waals surface area contributed by atoms with Crippen LogP contribution >= 0.6 is 0 Å². The number of para-hydroxylation sites is 1. The zero-order valence-corrected chi connectivity index (χ0v) is 13.3. The fourth-order valence-electron chi connectivity index (χ4n) is 2.30. The molecule has 116 valence electrons. The quantitative estimate of drug-likeness (QED) is 0.644. The highest BCUT2D eigenvalue weighted by atomic mass is 15.4. The first-order valence-electron chi connectivity index (χ1n) is 7.64. The summed E-state index contributed by atoms with van der Waals surface area (Å²) in [5.74, 6) is 0.857.